The van der Waals surface area contributed by atoms with Gasteiger partial charge in [-0.25, -0.2) is 4.98 Å². The van der Waals surface area contributed by atoms with Crippen molar-refractivity contribution in [3.8, 4) is 11.1 Å². The predicted molar refractivity (Wildman–Crippen MR) is 138 cm³/mol. The fourth-order valence-electron chi connectivity index (χ4n) is 5.31. The SMILES string of the molecule is CC(=O)N(c1ccc2c(c1)Cc1ccccc1-2)c1nc2c(=O)[nH]c(N)nc2n1[C@H]1C[C@H](O)[C@@H](COP(=O)([O-])[O-])O1. The van der Waals surface area contributed by atoms with Crippen LogP contribution in [-0.2, 0) is 25.0 Å². The number of nitrogens with one attached hydrogen (secondary N) is 1. The van der Waals surface area contributed by atoms with E-state index in [1.165, 1.54) is 16.4 Å². The molecule has 208 valence electrons. The number of aromatic nitrogens is 4. The minimum absolute atomic E-state index is 0.0202. The summed E-state index contributed by atoms with van der Waals surface area (Å²) in [6, 6.07) is 13.5. The number of hydrogen-bond acceptors (Lipinski definition) is 11. The number of phosphoric ester groups is 1. The third-order valence-electron chi connectivity index (χ3n) is 6.99. The van der Waals surface area contributed by atoms with E-state index in [2.05, 4.69) is 19.5 Å². The number of nitrogens with two attached hydrogens (primary N) is 1. The molecule has 3 heterocycles. The van der Waals surface area contributed by atoms with Crippen LogP contribution in [0.15, 0.2) is 47.3 Å². The quantitative estimate of drug-likeness (QED) is 0.240. The number of carbonyl (C=O) groups excluding carboxylic acids is 1. The van der Waals surface area contributed by atoms with E-state index >= 15 is 0 Å². The Labute approximate surface area is 226 Å². The first-order valence-corrected chi connectivity index (χ1v) is 13.8. The summed E-state index contributed by atoms with van der Waals surface area (Å²) in [4.78, 5) is 60.1. The molecule has 0 unspecified atom stereocenters. The van der Waals surface area contributed by atoms with E-state index < -0.39 is 44.3 Å². The molecule has 4 aromatic rings. The maximum Gasteiger partial charge on any atom is 0.280 e. The Morgan fingerprint density at radius 3 is 2.75 bits per heavy atom. The largest absolute Gasteiger partial charge is 0.790 e. The van der Waals surface area contributed by atoms with E-state index in [1.807, 2.05) is 36.4 Å². The zero-order chi connectivity index (χ0) is 28.3. The van der Waals surface area contributed by atoms with Crippen LogP contribution in [0.25, 0.3) is 22.3 Å². The number of fused-ring (bicyclic) bond motifs is 4. The van der Waals surface area contributed by atoms with Crippen molar-refractivity contribution < 1.29 is 33.5 Å². The first-order chi connectivity index (χ1) is 19.0. The first kappa shape index (κ1) is 26.3. The zero-order valence-corrected chi connectivity index (χ0v) is 21.9. The van der Waals surface area contributed by atoms with Gasteiger partial charge in [0.15, 0.2) is 11.2 Å². The van der Waals surface area contributed by atoms with Gasteiger partial charge in [-0.3, -0.25) is 24.0 Å². The number of aromatic amines is 1. The van der Waals surface area contributed by atoms with E-state index in [1.54, 1.807) is 6.07 Å². The summed E-state index contributed by atoms with van der Waals surface area (Å²) in [5.74, 6) is -0.681. The summed E-state index contributed by atoms with van der Waals surface area (Å²) in [5, 5.41) is 10.6. The van der Waals surface area contributed by atoms with Crippen molar-refractivity contribution in [1.82, 2.24) is 19.5 Å². The summed E-state index contributed by atoms with van der Waals surface area (Å²) in [5.41, 5.74) is 9.77. The number of nitrogen functional groups attached to an aromatic ring is 1. The fourth-order valence-corrected chi connectivity index (χ4v) is 5.64. The molecule has 14 nitrogen and oxygen atoms in total. The highest BCUT2D eigenvalue weighted by molar-refractivity contribution is 7.43. The van der Waals surface area contributed by atoms with Crippen LogP contribution in [0.2, 0.25) is 0 Å². The van der Waals surface area contributed by atoms with Crippen molar-refractivity contribution in [2.24, 2.45) is 0 Å². The molecule has 0 saturated carbocycles. The van der Waals surface area contributed by atoms with Gasteiger partial charge in [0.25, 0.3) is 5.56 Å². The predicted octanol–water partition coefficient (Wildman–Crippen LogP) is 0.451. The van der Waals surface area contributed by atoms with Gasteiger partial charge in [-0.1, -0.05) is 30.3 Å². The number of H-pyrrole nitrogens is 1. The standard InChI is InChI=1S/C25H25N6O8P/c1-12(32)30(15-6-7-17-14(9-15)8-13-4-2-3-5-16(13)17)25-27-21-22(28-24(26)29-23(21)34)31(25)20-10-18(33)19(39-20)11-38-40(35,36)37/h2-7,9,18-20,33H,8,10-11H2,1H3,(H2,35,36,37)(H3,26,28,29,34)/p-2/t18-,19+,20+/m0/s1. The average molecular weight is 566 g/mol. The summed E-state index contributed by atoms with van der Waals surface area (Å²) in [6.45, 7) is 0.612. The van der Waals surface area contributed by atoms with Gasteiger partial charge in [0.1, 0.15) is 12.3 Å². The average Bonchev–Trinajstić information content (AvgIpc) is 3.54. The van der Waals surface area contributed by atoms with E-state index in [9.17, 15) is 29.0 Å². The Kier molecular flexibility index (Phi) is 6.33. The minimum Gasteiger partial charge on any atom is -0.790 e. The summed E-state index contributed by atoms with van der Waals surface area (Å²) < 4.78 is 22.5. The van der Waals surface area contributed by atoms with Gasteiger partial charge in [0.05, 0.1) is 26.2 Å². The molecule has 40 heavy (non-hydrogen) atoms. The minimum atomic E-state index is -5.32. The molecule has 0 radical (unpaired) electrons. The van der Waals surface area contributed by atoms with Crippen LogP contribution in [0, 0.1) is 0 Å². The monoisotopic (exact) mass is 566 g/mol. The van der Waals surface area contributed by atoms with Gasteiger partial charge < -0.3 is 34.5 Å². The van der Waals surface area contributed by atoms with Gasteiger partial charge in [-0.2, -0.15) is 4.98 Å². The molecule has 3 atom stereocenters. The summed E-state index contributed by atoms with van der Waals surface area (Å²) >= 11 is 0. The Hall–Kier alpha value is -3.91. The van der Waals surface area contributed by atoms with E-state index in [4.69, 9.17) is 10.5 Å². The molecule has 2 aliphatic rings. The molecule has 0 spiro atoms. The Morgan fingerprint density at radius 1 is 1.25 bits per heavy atom. The molecular formula is C25H23N6O8P-2. The highest BCUT2D eigenvalue weighted by Crippen LogP contribution is 2.41. The van der Waals surface area contributed by atoms with E-state index in [0.717, 1.165) is 22.3 Å². The van der Waals surface area contributed by atoms with Gasteiger partial charge in [0, 0.05) is 13.3 Å². The molecule has 2 aromatic carbocycles. The van der Waals surface area contributed by atoms with Crippen molar-refractivity contribution in [2.75, 3.05) is 17.2 Å². The highest BCUT2D eigenvalue weighted by Gasteiger charge is 2.39. The lowest BCUT2D eigenvalue weighted by molar-refractivity contribution is -0.343. The van der Waals surface area contributed by atoms with E-state index in [-0.39, 0.29) is 29.5 Å². The van der Waals surface area contributed by atoms with Crippen LogP contribution in [0.5, 0.6) is 0 Å². The van der Waals surface area contributed by atoms with Gasteiger partial charge in [-0.05, 0) is 40.8 Å². The Morgan fingerprint density at radius 2 is 2.00 bits per heavy atom. The molecule has 4 N–H and O–H groups in total. The van der Waals surface area contributed by atoms with Crippen LogP contribution in [-0.4, -0.2) is 49.3 Å². The topological polar surface area (TPSA) is 212 Å². The number of imidazole rings is 1. The number of amides is 1. The van der Waals surface area contributed by atoms with Crippen LogP contribution < -0.4 is 26.0 Å². The van der Waals surface area contributed by atoms with Gasteiger partial charge in [0.2, 0.25) is 17.8 Å². The van der Waals surface area contributed by atoms with Crippen molar-refractivity contribution in [3.05, 3.63) is 63.9 Å². The number of aliphatic hydroxyl groups is 1. The molecule has 1 saturated heterocycles. The Balaban J connectivity index is 1.46. The number of carbonyl (C=O) groups is 1. The number of hydrogen-bond donors (Lipinski definition) is 3. The normalized spacial score (nSPS) is 20.1. The number of aliphatic hydroxyl groups excluding tert-OH is 1. The van der Waals surface area contributed by atoms with Crippen LogP contribution >= 0.6 is 7.82 Å². The molecule has 6 rings (SSSR count). The second-order valence-corrected chi connectivity index (χ2v) is 10.8. The third-order valence-corrected chi connectivity index (χ3v) is 7.46. The molecule has 1 aliphatic heterocycles. The third kappa shape index (κ3) is 4.60. The van der Waals surface area contributed by atoms with Crippen molar-refractivity contribution in [1.29, 1.82) is 0 Å². The Bertz CT molecular complexity index is 1760. The first-order valence-electron chi connectivity index (χ1n) is 12.3. The smallest absolute Gasteiger partial charge is 0.280 e. The lowest BCUT2D eigenvalue weighted by Crippen LogP contribution is -2.29. The molecule has 1 amide bonds. The lowest BCUT2D eigenvalue weighted by atomic mass is 10.1. The maximum atomic E-state index is 13.1. The van der Waals surface area contributed by atoms with Crippen LogP contribution in [0.4, 0.5) is 17.6 Å². The second kappa shape index (κ2) is 9.63. The molecule has 2 aromatic heterocycles. The number of anilines is 3. The molecule has 1 fully saturated rings. The zero-order valence-electron chi connectivity index (χ0n) is 21.0. The summed E-state index contributed by atoms with van der Waals surface area (Å²) in [7, 11) is -5.32. The van der Waals surface area contributed by atoms with E-state index in [0.29, 0.717) is 12.1 Å². The van der Waals surface area contributed by atoms with Gasteiger partial charge >= 0.3 is 0 Å². The number of rotatable bonds is 6. The molecule has 0 bridgehead atoms. The number of nitrogens with zero attached hydrogens (tertiary/aromatic N) is 4. The number of phosphoric acid groups is 1. The highest BCUT2D eigenvalue weighted by atomic mass is 31.2. The van der Waals surface area contributed by atoms with Crippen molar-refractivity contribution in [2.45, 2.75) is 38.2 Å². The van der Waals surface area contributed by atoms with Crippen molar-refractivity contribution >= 4 is 42.5 Å². The number of ether oxygens (including phenoxy) is 1. The molecule has 15 heteroatoms. The van der Waals surface area contributed by atoms with Crippen molar-refractivity contribution in [3.63, 3.8) is 0 Å². The summed E-state index contributed by atoms with van der Waals surface area (Å²) in [6.07, 6.45) is -2.97. The van der Waals surface area contributed by atoms with Gasteiger partial charge in [-0.15, -0.1) is 0 Å². The molecule has 1 aliphatic carbocycles. The second-order valence-electron chi connectivity index (χ2n) is 9.61. The fraction of sp³-hybridized carbons (Fsp3) is 0.280. The van der Waals surface area contributed by atoms with Crippen LogP contribution in [0.3, 0.4) is 0 Å². The number of benzene rings is 2. The lowest BCUT2D eigenvalue weighted by Gasteiger charge is -2.30. The van der Waals surface area contributed by atoms with Crippen LogP contribution in [0.1, 0.15) is 30.7 Å². The molecular weight excluding hydrogens is 543 g/mol. The maximum absolute atomic E-state index is 13.1.